The Hall–Kier alpha value is -2.90. The van der Waals surface area contributed by atoms with Crippen LogP contribution >= 0.6 is 0 Å². The fourth-order valence-corrected chi connectivity index (χ4v) is 3.62. The molecule has 0 radical (unpaired) electrons. The molecule has 0 bridgehead atoms. The predicted octanol–water partition coefficient (Wildman–Crippen LogP) is 1.78. The van der Waals surface area contributed by atoms with Gasteiger partial charge in [-0.1, -0.05) is 25.0 Å². The van der Waals surface area contributed by atoms with Crippen LogP contribution in [0, 0.1) is 0 Å². The van der Waals surface area contributed by atoms with E-state index in [-0.39, 0.29) is 6.04 Å². The summed E-state index contributed by atoms with van der Waals surface area (Å²) in [6.45, 7) is 2.37. The lowest BCUT2D eigenvalue weighted by molar-refractivity contribution is -0.145. The van der Waals surface area contributed by atoms with Crippen LogP contribution in [-0.4, -0.2) is 64.7 Å². The molecule has 1 heterocycles. The summed E-state index contributed by atoms with van der Waals surface area (Å²) in [6.07, 6.45) is 3.29. The lowest BCUT2D eigenvalue weighted by atomic mass is 10.2. The van der Waals surface area contributed by atoms with Gasteiger partial charge in [0, 0.05) is 19.6 Å². The second-order valence-electron chi connectivity index (χ2n) is 7.11. The van der Waals surface area contributed by atoms with Gasteiger partial charge in [-0.15, -0.1) is 0 Å². The van der Waals surface area contributed by atoms with Crippen molar-refractivity contribution in [2.75, 3.05) is 20.2 Å². The van der Waals surface area contributed by atoms with Crippen molar-refractivity contribution in [1.82, 2.24) is 14.7 Å². The Bertz CT molecular complexity index is 771. The Morgan fingerprint density at radius 3 is 2.36 bits per heavy atom. The van der Waals surface area contributed by atoms with Crippen LogP contribution in [0.2, 0.25) is 0 Å². The van der Waals surface area contributed by atoms with E-state index in [9.17, 15) is 19.2 Å². The molecule has 1 aromatic carbocycles. The van der Waals surface area contributed by atoms with Crippen molar-refractivity contribution in [2.45, 2.75) is 45.2 Å². The standard InChI is InChI=1S/C20H25N3O5/c1-3-28-16-10-8-14(9-11-16)12-21(2)17(24)13-22-18(25)19(26)23(20(22)27)15-6-4-5-7-15/h8-11,15H,3-7,12-13H2,1-2H3. The lowest BCUT2D eigenvalue weighted by Gasteiger charge is -2.22. The second-order valence-corrected chi connectivity index (χ2v) is 7.11. The minimum absolute atomic E-state index is 0.231. The number of carbonyl (C=O) groups is 4. The number of imide groups is 2. The van der Waals surface area contributed by atoms with E-state index in [1.807, 2.05) is 31.2 Å². The van der Waals surface area contributed by atoms with E-state index >= 15 is 0 Å². The average molecular weight is 387 g/mol. The first-order valence-corrected chi connectivity index (χ1v) is 9.57. The Morgan fingerprint density at radius 1 is 1.11 bits per heavy atom. The van der Waals surface area contributed by atoms with Crippen LogP contribution < -0.4 is 4.74 Å². The highest BCUT2D eigenvalue weighted by Gasteiger charge is 2.48. The second kappa shape index (κ2) is 8.41. The molecular formula is C20H25N3O5. The fourth-order valence-electron chi connectivity index (χ4n) is 3.62. The highest BCUT2D eigenvalue weighted by atomic mass is 16.5. The highest BCUT2D eigenvalue weighted by Crippen LogP contribution is 2.27. The number of carbonyl (C=O) groups excluding carboxylic acids is 4. The van der Waals surface area contributed by atoms with E-state index in [1.54, 1.807) is 7.05 Å². The predicted molar refractivity (Wildman–Crippen MR) is 100 cm³/mol. The van der Waals surface area contributed by atoms with Gasteiger partial charge in [0.15, 0.2) is 0 Å². The van der Waals surface area contributed by atoms with Crippen LogP contribution in [0.4, 0.5) is 4.79 Å². The molecule has 0 spiro atoms. The quantitative estimate of drug-likeness (QED) is 0.526. The van der Waals surface area contributed by atoms with E-state index in [4.69, 9.17) is 4.74 Å². The van der Waals surface area contributed by atoms with Gasteiger partial charge in [-0.05, 0) is 37.5 Å². The van der Waals surface area contributed by atoms with Crippen molar-refractivity contribution >= 4 is 23.8 Å². The summed E-state index contributed by atoms with van der Waals surface area (Å²) in [5.74, 6) is -1.39. The molecule has 28 heavy (non-hydrogen) atoms. The topological polar surface area (TPSA) is 87.2 Å². The molecule has 0 N–H and O–H groups in total. The number of hydrogen-bond donors (Lipinski definition) is 0. The van der Waals surface area contributed by atoms with Gasteiger partial charge in [0.05, 0.1) is 6.61 Å². The van der Waals surface area contributed by atoms with Crippen LogP contribution in [0.5, 0.6) is 5.75 Å². The molecule has 1 saturated heterocycles. The lowest BCUT2D eigenvalue weighted by Crippen LogP contribution is -2.43. The normalized spacial score (nSPS) is 17.6. The minimum atomic E-state index is -0.917. The van der Waals surface area contributed by atoms with Crippen LogP contribution in [0.1, 0.15) is 38.2 Å². The number of rotatable bonds is 7. The third-order valence-electron chi connectivity index (χ3n) is 5.15. The van der Waals surface area contributed by atoms with Crippen molar-refractivity contribution in [3.63, 3.8) is 0 Å². The van der Waals surface area contributed by atoms with E-state index in [0.29, 0.717) is 26.0 Å². The van der Waals surface area contributed by atoms with Gasteiger partial charge < -0.3 is 9.64 Å². The molecule has 1 aliphatic carbocycles. The molecule has 3 rings (SSSR count). The molecule has 150 valence electrons. The molecular weight excluding hydrogens is 362 g/mol. The third-order valence-corrected chi connectivity index (χ3v) is 5.15. The molecule has 1 aliphatic heterocycles. The Labute approximate surface area is 164 Å². The maximum absolute atomic E-state index is 12.6. The number of benzene rings is 1. The maximum Gasteiger partial charge on any atom is 0.334 e. The minimum Gasteiger partial charge on any atom is -0.494 e. The van der Waals surface area contributed by atoms with Gasteiger partial charge in [0.2, 0.25) is 5.91 Å². The first kappa shape index (κ1) is 19.9. The smallest absolute Gasteiger partial charge is 0.334 e. The molecule has 8 heteroatoms. The first-order valence-electron chi connectivity index (χ1n) is 9.57. The van der Waals surface area contributed by atoms with E-state index in [0.717, 1.165) is 34.0 Å². The maximum atomic E-state index is 12.6. The molecule has 2 fully saturated rings. The van der Waals surface area contributed by atoms with Gasteiger partial charge in [0.1, 0.15) is 12.3 Å². The molecule has 5 amide bonds. The van der Waals surface area contributed by atoms with Crippen molar-refractivity contribution in [3.05, 3.63) is 29.8 Å². The van der Waals surface area contributed by atoms with Crippen LogP contribution in [0.3, 0.4) is 0 Å². The van der Waals surface area contributed by atoms with Gasteiger partial charge in [-0.25, -0.2) is 9.69 Å². The zero-order chi connectivity index (χ0) is 20.3. The largest absolute Gasteiger partial charge is 0.494 e. The van der Waals surface area contributed by atoms with Crippen LogP contribution in [0.15, 0.2) is 24.3 Å². The zero-order valence-electron chi connectivity index (χ0n) is 16.2. The SMILES string of the molecule is CCOc1ccc(CN(C)C(=O)CN2C(=O)C(=O)N(C3CCCC3)C2=O)cc1. The Kier molecular flexibility index (Phi) is 5.96. The van der Waals surface area contributed by atoms with Gasteiger partial charge in [0.25, 0.3) is 0 Å². The van der Waals surface area contributed by atoms with Gasteiger partial charge >= 0.3 is 17.8 Å². The number of ether oxygens (including phenoxy) is 1. The summed E-state index contributed by atoms with van der Waals surface area (Å²) >= 11 is 0. The van der Waals surface area contributed by atoms with Crippen LogP contribution in [0.25, 0.3) is 0 Å². The number of nitrogens with zero attached hydrogens (tertiary/aromatic N) is 3. The summed E-state index contributed by atoms with van der Waals surface area (Å²) in [7, 11) is 1.60. The number of amides is 5. The van der Waals surface area contributed by atoms with E-state index < -0.39 is 30.3 Å². The third kappa shape index (κ3) is 4.00. The monoisotopic (exact) mass is 387 g/mol. The summed E-state index contributed by atoms with van der Waals surface area (Å²) < 4.78 is 5.39. The molecule has 1 saturated carbocycles. The Balaban J connectivity index is 1.60. The van der Waals surface area contributed by atoms with Crippen molar-refractivity contribution in [1.29, 1.82) is 0 Å². The number of hydrogen-bond acceptors (Lipinski definition) is 5. The summed E-state index contributed by atoms with van der Waals surface area (Å²) in [6, 6.07) is 6.44. The van der Waals surface area contributed by atoms with Gasteiger partial charge in [-0.3, -0.25) is 19.3 Å². The zero-order valence-corrected chi connectivity index (χ0v) is 16.2. The first-order chi connectivity index (χ1) is 13.4. The van der Waals surface area contributed by atoms with Crippen molar-refractivity contribution in [2.24, 2.45) is 0 Å². The summed E-state index contributed by atoms with van der Waals surface area (Å²) in [5.41, 5.74) is 0.891. The van der Waals surface area contributed by atoms with E-state index in [1.165, 1.54) is 4.90 Å². The molecule has 0 atom stereocenters. The molecule has 0 aromatic heterocycles. The molecule has 8 nitrogen and oxygen atoms in total. The van der Waals surface area contributed by atoms with Crippen molar-refractivity contribution in [3.8, 4) is 5.75 Å². The highest BCUT2D eigenvalue weighted by molar-refractivity contribution is 6.45. The summed E-state index contributed by atoms with van der Waals surface area (Å²) in [5, 5.41) is 0. The van der Waals surface area contributed by atoms with Crippen molar-refractivity contribution < 1.29 is 23.9 Å². The number of urea groups is 1. The Morgan fingerprint density at radius 2 is 1.75 bits per heavy atom. The summed E-state index contributed by atoms with van der Waals surface area (Å²) in [4.78, 5) is 52.8. The molecule has 1 aromatic rings. The molecule has 2 aliphatic rings. The van der Waals surface area contributed by atoms with E-state index in [2.05, 4.69) is 0 Å². The molecule has 0 unspecified atom stereocenters. The average Bonchev–Trinajstić information content (AvgIpc) is 3.27. The number of likely N-dealkylation sites (N-methyl/N-ethyl adjacent to an activating group) is 1. The van der Waals surface area contributed by atoms with Gasteiger partial charge in [-0.2, -0.15) is 0 Å². The van der Waals surface area contributed by atoms with Crippen LogP contribution in [-0.2, 0) is 20.9 Å². The fraction of sp³-hybridized carbons (Fsp3) is 0.500.